The molecule has 14 heteroatoms. The number of nitriles is 1. The number of hydrogen-bond acceptors (Lipinski definition) is 4. The predicted octanol–water partition coefficient (Wildman–Crippen LogP) is 4.87. The molecule has 7 nitrogen and oxygen atoms in total. The highest BCUT2D eigenvalue weighted by atomic mass is 19.4. The number of anilines is 1. The maximum atomic E-state index is 13.7. The van der Waals surface area contributed by atoms with Crippen LogP contribution in [0.1, 0.15) is 11.1 Å². The number of aromatic amines is 1. The van der Waals surface area contributed by atoms with Crippen molar-refractivity contribution in [3.05, 3.63) is 76.2 Å². The quantitative estimate of drug-likeness (QED) is 0.419. The van der Waals surface area contributed by atoms with Crippen molar-refractivity contribution in [3.8, 4) is 17.5 Å². The highest BCUT2D eigenvalue weighted by Crippen LogP contribution is 2.44. The fourth-order valence-corrected chi connectivity index (χ4v) is 2.88. The van der Waals surface area contributed by atoms with E-state index in [1.807, 2.05) is 0 Å². The summed E-state index contributed by atoms with van der Waals surface area (Å²) in [4.78, 5) is 27.3. The van der Waals surface area contributed by atoms with Crippen molar-refractivity contribution in [2.24, 2.45) is 0 Å². The summed E-state index contributed by atoms with van der Waals surface area (Å²) >= 11 is 0. The number of ether oxygens (including phenoxy) is 1. The Balaban J connectivity index is 2.22. The van der Waals surface area contributed by atoms with Gasteiger partial charge in [0.2, 0.25) is 0 Å². The molecule has 3 aromatic rings. The minimum absolute atomic E-state index is 0.145. The van der Waals surface area contributed by atoms with Gasteiger partial charge in [-0.15, -0.1) is 0 Å². The number of hydrogen-bond donors (Lipinski definition) is 1. The lowest BCUT2D eigenvalue weighted by molar-refractivity contribution is -0.143. The summed E-state index contributed by atoms with van der Waals surface area (Å²) in [6.45, 7) is -0.758. The van der Waals surface area contributed by atoms with Gasteiger partial charge in [-0.3, -0.25) is 9.47 Å². The molecule has 0 saturated carbocycles. The largest absolute Gasteiger partial charge is 0.420 e. The number of nitrogens with one attached hydrogen (secondary N) is 1. The van der Waals surface area contributed by atoms with Gasteiger partial charge in [0.25, 0.3) is 0 Å². The van der Waals surface area contributed by atoms with Crippen LogP contribution in [0.5, 0.6) is 5.75 Å². The van der Waals surface area contributed by atoms with Crippen LogP contribution in [-0.4, -0.2) is 22.2 Å². The summed E-state index contributed by atoms with van der Waals surface area (Å²) in [5, 5.41) is 8.99. The van der Waals surface area contributed by atoms with E-state index in [-0.39, 0.29) is 17.8 Å². The molecule has 0 fully saturated rings. The molecule has 0 radical (unpaired) electrons. The zero-order valence-electron chi connectivity index (χ0n) is 16.5. The highest BCUT2D eigenvalue weighted by Gasteiger charge is 2.42. The number of carbonyl (C=O) groups excluding carboxylic acids is 1. The summed E-state index contributed by atoms with van der Waals surface area (Å²) in [6.07, 6.45) is -10.5. The van der Waals surface area contributed by atoms with Crippen molar-refractivity contribution in [2.75, 3.05) is 11.4 Å². The molecule has 0 saturated heterocycles. The average Bonchev–Trinajstić information content (AvgIpc) is 3.17. The molecule has 1 heterocycles. The fourth-order valence-electron chi connectivity index (χ4n) is 2.88. The van der Waals surface area contributed by atoms with E-state index < -0.39 is 59.1 Å². The third-order valence-corrected chi connectivity index (χ3v) is 4.39. The van der Waals surface area contributed by atoms with Crippen molar-refractivity contribution in [2.45, 2.75) is 12.4 Å². The van der Waals surface area contributed by atoms with Gasteiger partial charge < -0.3 is 9.72 Å². The second-order valence-electron chi connectivity index (χ2n) is 6.59. The lowest BCUT2D eigenvalue weighted by Crippen LogP contribution is -2.35. The third kappa shape index (κ3) is 5.03. The number of amides is 1. The average molecular weight is 488 g/mol. The molecule has 3 rings (SSSR count). The minimum Gasteiger partial charge on any atom is -0.407 e. The number of alkyl halides is 6. The van der Waals surface area contributed by atoms with Crippen LogP contribution >= 0.6 is 0 Å². The second kappa shape index (κ2) is 8.93. The van der Waals surface area contributed by atoms with Crippen molar-refractivity contribution in [1.29, 1.82) is 5.26 Å². The molecular weight excluding hydrogens is 477 g/mol. The number of carbonyl (C=O) groups is 1. The normalized spacial score (nSPS) is 11.7. The molecule has 0 bridgehead atoms. The molecule has 0 aliphatic rings. The van der Waals surface area contributed by atoms with E-state index in [0.717, 1.165) is 36.7 Å². The molecule has 0 atom stereocenters. The first kappa shape index (κ1) is 24.4. The van der Waals surface area contributed by atoms with Crippen molar-refractivity contribution in [3.63, 3.8) is 0 Å². The standard InChI is InChI=1S/C20H11F7N4O3/c21-12-1-3-13(4-2-12)30(7-5-28)18(33)34-16-14(20(25,26)27)9-11(19(22,23)24)10-15(16)31-8-6-29-17(31)32/h1-4,6,8-10H,7H2,(H,29,32). The van der Waals surface area contributed by atoms with Gasteiger partial charge >= 0.3 is 24.1 Å². The van der Waals surface area contributed by atoms with E-state index >= 15 is 0 Å². The van der Waals surface area contributed by atoms with E-state index in [1.165, 1.54) is 0 Å². The molecule has 34 heavy (non-hydrogen) atoms. The molecule has 2 aromatic carbocycles. The topological polar surface area (TPSA) is 91.1 Å². The third-order valence-electron chi connectivity index (χ3n) is 4.39. The Morgan fingerprint density at radius 3 is 2.24 bits per heavy atom. The van der Waals surface area contributed by atoms with Gasteiger partial charge in [0.05, 0.1) is 17.3 Å². The van der Waals surface area contributed by atoms with Crippen LogP contribution in [0.2, 0.25) is 0 Å². The predicted molar refractivity (Wildman–Crippen MR) is 102 cm³/mol. The van der Waals surface area contributed by atoms with Crippen LogP contribution in [0.3, 0.4) is 0 Å². The van der Waals surface area contributed by atoms with Crippen molar-refractivity contribution in [1.82, 2.24) is 9.55 Å². The monoisotopic (exact) mass is 488 g/mol. The highest BCUT2D eigenvalue weighted by molar-refractivity contribution is 5.90. The van der Waals surface area contributed by atoms with Gasteiger partial charge in [-0.25, -0.2) is 14.0 Å². The Hall–Kier alpha value is -4.28. The molecule has 1 amide bonds. The van der Waals surface area contributed by atoms with Gasteiger partial charge in [0.1, 0.15) is 17.9 Å². The first-order valence-electron chi connectivity index (χ1n) is 9.03. The van der Waals surface area contributed by atoms with E-state index in [9.17, 15) is 40.3 Å². The fraction of sp³-hybridized carbons (Fsp3) is 0.150. The van der Waals surface area contributed by atoms with Gasteiger partial charge in [-0.05, 0) is 36.4 Å². The molecule has 1 aromatic heterocycles. The Morgan fingerprint density at radius 1 is 1.09 bits per heavy atom. The number of benzene rings is 2. The summed E-state index contributed by atoms with van der Waals surface area (Å²) in [5.41, 5.74) is -6.03. The van der Waals surface area contributed by atoms with Crippen LogP contribution in [0, 0.1) is 17.1 Å². The summed E-state index contributed by atoms with van der Waals surface area (Å²) in [5.74, 6) is -2.12. The Bertz CT molecular complexity index is 1300. The summed E-state index contributed by atoms with van der Waals surface area (Å²) < 4.78 is 99.6. The zero-order chi connectivity index (χ0) is 25.3. The van der Waals surface area contributed by atoms with Crippen molar-refractivity contribution >= 4 is 11.8 Å². The maximum absolute atomic E-state index is 13.7. The second-order valence-corrected chi connectivity index (χ2v) is 6.59. The van der Waals surface area contributed by atoms with E-state index in [4.69, 9.17) is 10.00 Å². The Labute approximate surface area is 185 Å². The minimum atomic E-state index is -5.44. The Kier molecular flexibility index (Phi) is 6.40. The molecule has 0 spiro atoms. The first-order valence-corrected chi connectivity index (χ1v) is 9.03. The maximum Gasteiger partial charge on any atom is 0.420 e. The first-order chi connectivity index (χ1) is 15.8. The van der Waals surface area contributed by atoms with Crippen LogP contribution in [0.25, 0.3) is 5.69 Å². The van der Waals surface area contributed by atoms with Crippen LogP contribution in [-0.2, 0) is 12.4 Å². The number of halogens is 7. The van der Waals surface area contributed by atoms with Crippen LogP contribution in [0.4, 0.5) is 41.2 Å². The van der Waals surface area contributed by atoms with Gasteiger partial charge in [0, 0.05) is 18.1 Å². The summed E-state index contributed by atoms with van der Waals surface area (Å²) in [6, 6.07) is 5.37. The molecule has 0 aliphatic carbocycles. The summed E-state index contributed by atoms with van der Waals surface area (Å²) in [7, 11) is 0. The van der Waals surface area contributed by atoms with Crippen LogP contribution < -0.4 is 15.3 Å². The van der Waals surface area contributed by atoms with Gasteiger partial charge in [0.15, 0.2) is 5.75 Å². The lowest BCUT2D eigenvalue weighted by Gasteiger charge is -2.23. The number of nitrogens with zero attached hydrogens (tertiary/aromatic N) is 3. The smallest absolute Gasteiger partial charge is 0.407 e. The van der Waals surface area contributed by atoms with Crippen molar-refractivity contribution < 1.29 is 40.3 Å². The Morgan fingerprint density at radius 2 is 1.74 bits per heavy atom. The van der Waals surface area contributed by atoms with E-state index in [1.54, 1.807) is 6.07 Å². The van der Waals surface area contributed by atoms with E-state index in [2.05, 4.69) is 4.98 Å². The SMILES string of the molecule is N#CCN(C(=O)Oc1c(-n2cc[nH]c2=O)cc(C(F)(F)F)cc1C(F)(F)F)c1ccc(F)cc1. The number of aromatic nitrogens is 2. The molecule has 178 valence electrons. The van der Waals surface area contributed by atoms with E-state index in [0.29, 0.717) is 9.47 Å². The molecule has 0 aliphatic heterocycles. The number of H-pyrrole nitrogens is 1. The molecule has 0 unspecified atom stereocenters. The van der Waals surface area contributed by atoms with Gasteiger partial charge in [-0.2, -0.15) is 31.6 Å². The molecule has 1 N–H and O–H groups in total. The van der Waals surface area contributed by atoms with Crippen LogP contribution in [0.15, 0.2) is 53.6 Å². The lowest BCUT2D eigenvalue weighted by atomic mass is 10.1. The number of imidazole rings is 1. The van der Waals surface area contributed by atoms with Gasteiger partial charge in [-0.1, -0.05) is 0 Å². The number of rotatable bonds is 4. The zero-order valence-corrected chi connectivity index (χ0v) is 16.5. The molecular formula is C20H11F7N4O3.